The highest BCUT2D eigenvalue weighted by Gasteiger charge is 2.75. The zero-order chi connectivity index (χ0) is 12.2. The van der Waals surface area contributed by atoms with Crippen LogP contribution in [0.4, 0.5) is 0 Å². The second-order valence-electron chi connectivity index (χ2n) is 6.43. The molecule has 0 aromatic rings. The molecule has 0 aromatic carbocycles. The van der Waals surface area contributed by atoms with Gasteiger partial charge in [-0.05, 0) is 45.6 Å². The molecule has 1 heteroatoms. The minimum Gasteiger partial charge on any atom is -0.357 e. The monoisotopic (exact) mass is 220 g/mol. The van der Waals surface area contributed by atoms with Crippen molar-refractivity contribution in [3.8, 4) is 0 Å². The summed E-state index contributed by atoms with van der Waals surface area (Å²) in [6.45, 7) is 15.2. The molecule has 2 rings (SSSR count). The van der Waals surface area contributed by atoms with Crippen molar-refractivity contribution in [1.29, 1.82) is 0 Å². The third kappa shape index (κ3) is 1.34. The Kier molecular flexibility index (Phi) is 2.40. The molecular weight excluding hydrogens is 196 g/mol. The van der Waals surface area contributed by atoms with Crippen molar-refractivity contribution in [2.24, 2.45) is 5.41 Å². The van der Waals surface area contributed by atoms with Crippen molar-refractivity contribution in [3.63, 3.8) is 0 Å². The molecule has 1 saturated heterocycles. The molecule has 0 amide bonds. The predicted octanol–water partition coefficient (Wildman–Crippen LogP) is 4.25. The van der Waals surface area contributed by atoms with Crippen molar-refractivity contribution in [2.45, 2.75) is 65.1 Å². The Balaban J connectivity index is 2.41. The van der Waals surface area contributed by atoms with Gasteiger partial charge in [-0.3, -0.25) is 0 Å². The molecule has 2 aliphatic rings. The number of rotatable bonds is 2. The molecule has 1 saturated carbocycles. The van der Waals surface area contributed by atoms with E-state index in [0.29, 0.717) is 0 Å². The maximum absolute atomic E-state index is 6.22. The first-order chi connectivity index (χ1) is 7.25. The molecule has 0 bridgehead atoms. The van der Waals surface area contributed by atoms with Crippen LogP contribution in [0, 0.1) is 5.41 Å². The number of hydrogen-bond acceptors (Lipinski definition) is 1. The quantitative estimate of drug-likeness (QED) is 0.501. The Hall–Kier alpha value is -0.560. The van der Waals surface area contributed by atoms with E-state index in [-0.39, 0.29) is 16.6 Å². The van der Waals surface area contributed by atoms with Gasteiger partial charge in [0, 0.05) is 5.41 Å². The van der Waals surface area contributed by atoms with E-state index in [1.165, 1.54) is 24.8 Å². The number of ether oxygens (including phenoxy) is 1. The summed E-state index contributed by atoms with van der Waals surface area (Å²) >= 11 is 0. The standard InChI is InChI=1S/C15H24O/c1-11(2)10-12(3)15-13(4,5)8-7-9-14(15,6)16-15/h10H,1,7-9H2,2-6H3/b12-10-/t14-,15+/m0/s1. The SMILES string of the molecule is C=C(C)/C=C(/C)[C@]12O[C@@]1(C)CCCC2(C)C. The molecule has 0 radical (unpaired) electrons. The first-order valence-electron chi connectivity index (χ1n) is 6.30. The van der Waals surface area contributed by atoms with Gasteiger partial charge in [0.2, 0.25) is 0 Å². The molecule has 1 nitrogen and oxygen atoms in total. The largest absolute Gasteiger partial charge is 0.357 e. The van der Waals surface area contributed by atoms with E-state index in [1.54, 1.807) is 0 Å². The molecule has 1 heterocycles. The lowest BCUT2D eigenvalue weighted by Crippen LogP contribution is -2.43. The summed E-state index contributed by atoms with van der Waals surface area (Å²) in [4.78, 5) is 0. The Morgan fingerprint density at radius 1 is 1.19 bits per heavy atom. The van der Waals surface area contributed by atoms with Crippen LogP contribution in [0.3, 0.4) is 0 Å². The van der Waals surface area contributed by atoms with Crippen LogP contribution in [0.25, 0.3) is 0 Å². The molecule has 1 aliphatic heterocycles. The van der Waals surface area contributed by atoms with Crippen molar-refractivity contribution in [2.75, 3.05) is 0 Å². The Labute approximate surface area is 99.6 Å². The van der Waals surface area contributed by atoms with Gasteiger partial charge in [-0.25, -0.2) is 0 Å². The molecular formula is C15H24O. The summed E-state index contributed by atoms with van der Waals surface area (Å²) in [7, 11) is 0. The molecule has 90 valence electrons. The molecule has 16 heavy (non-hydrogen) atoms. The van der Waals surface area contributed by atoms with E-state index in [2.05, 4.69) is 47.3 Å². The van der Waals surface area contributed by atoms with Crippen molar-refractivity contribution in [1.82, 2.24) is 0 Å². The third-order valence-electron chi connectivity index (χ3n) is 4.51. The fraction of sp³-hybridized carbons (Fsp3) is 0.733. The van der Waals surface area contributed by atoms with Crippen LogP contribution in [0.5, 0.6) is 0 Å². The maximum atomic E-state index is 6.22. The summed E-state index contributed by atoms with van der Waals surface area (Å²) in [6, 6.07) is 0. The summed E-state index contributed by atoms with van der Waals surface area (Å²) < 4.78 is 6.22. The summed E-state index contributed by atoms with van der Waals surface area (Å²) in [5.74, 6) is 0. The normalized spacial score (nSPS) is 41.4. The maximum Gasteiger partial charge on any atom is 0.124 e. The Morgan fingerprint density at radius 3 is 2.31 bits per heavy atom. The lowest BCUT2D eigenvalue weighted by Gasteiger charge is -2.39. The molecule has 2 fully saturated rings. The van der Waals surface area contributed by atoms with Gasteiger partial charge in [0.25, 0.3) is 0 Å². The second-order valence-corrected chi connectivity index (χ2v) is 6.43. The van der Waals surface area contributed by atoms with Gasteiger partial charge in [0.1, 0.15) is 11.2 Å². The molecule has 0 spiro atoms. The molecule has 0 N–H and O–H groups in total. The zero-order valence-corrected chi connectivity index (χ0v) is 11.3. The minimum atomic E-state index is -0.0306. The van der Waals surface area contributed by atoms with Crippen LogP contribution in [0.15, 0.2) is 23.8 Å². The second kappa shape index (κ2) is 3.22. The van der Waals surface area contributed by atoms with Gasteiger partial charge in [0.15, 0.2) is 0 Å². The van der Waals surface area contributed by atoms with Crippen LogP contribution < -0.4 is 0 Å². The molecule has 0 unspecified atom stereocenters. The zero-order valence-electron chi connectivity index (χ0n) is 11.3. The lowest BCUT2D eigenvalue weighted by atomic mass is 9.61. The Morgan fingerprint density at radius 2 is 1.81 bits per heavy atom. The first kappa shape index (κ1) is 11.9. The molecule has 1 aliphatic carbocycles. The number of hydrogen-bond donors (Lipinski definition) is 0. The van der Waals surface area contributed by atoms with Crippen LogP contribution in [-0.4, -0.2) is 11.2 Å². The van der Waals surface area contributed by atoms with E-state index in [4.69, 9.17) is 4.74 Å². The third-order valence-corrected chi connectivity index (χ3v) is 4.51. The van der Waals surface area contributed by atoms with E-state index < -0.39 is 0 Å². The predicted molar refractivity (Wildman–Crippen MR) is 68.4 cm³/mol. The highest BCUT2D eigenvalue weighted by atomic mass is 16.6. The van der Waals surface area contributed by atoms with E-state index in [1.807, 2.05) is 0 Å². The minimum absolute atomic E-state index is 0.0306. The average Bonchev–Trinajstić information content (AvgIpc) is 2.73. The van der Waals surface area contributed by atoms with Gasteiger partial charge in [0.05, 0.1) is 0 Å². The van der Waals surface area contributed by atoms with Crippen molar-refractivity contribution >= 4 is 0 Å². The van der Waals surface area contributed by atoms with Crippen molar-refractivity contribution in [3.05, 3.63) is 23.8 Å². The number of fused-ring (bicyclic) bond motifs is 1. The topological polar surface area (TPSA) is 12.5 Å². The van der Waals surface area contributed by atoms with Crippen molar-refractivity contribution < 1.29 is 4.74 Å². The summed E-state index contributed by atoms with van der Waals surface area (Å²) in [5, 5.41) is 0. The number of epoxide rings is 1. The van der Waals surface area contributed by atoms with Gasteiger partial charge in [-0.2, -0.15) is 0 Å². The van der Waals surface area contributed by atoms with Gasteiger partial charge >= 0.3 is 0 Å². The highest BCUT2D eigenvalue weighted by Crippen LogP contribution is 2.68. The summed E-state index contributed by atoms with van der Waals surface area (Å²) in [6.07, 6.45) is 5.92. The highest BCUT2D eigenvalue weighted by molar-refractivity contribution is 5.40. The van der Waals surface area contributed by atoms with Crippen LogP contribution >= 0.6 is 0 Å². The lowest BCUT2D eigenvalue weighted by molar-refractivity contribution is 0.155. The Bertz CT molecular complexity index is 364. The van der Waals surface area contributed by atoms with E-state index in [9.17, 15) is 0 Å². The smallest absolute Gasteiger partial charge is 0.124 e. The summed E-state index contributed by atoms with van der Waals surface area (Å²) in [5.41, 5.74) is 2.76. The number of allylic oxidation sites excluding steroid dienone is 2. The van der Waals surface area contributed by atoms with E-state index in [0.717, 1.165) is 5.57 Å². The first-order valence-corrected chi connectivity index (χ1v) is 6.30. The van der Waals surface area contributed by atoms with Crippen LogP contribution in [0.1, 0.15) is 53.9 Å². The van der Waals surface area contributed by atoms with Gasteiger partial charge < -0.3 is 4.74 Å². The van der Waals surface area contributed by atoms with E-state index >= 15 is 0 Å². The van der Waals surface area contributed by atoms with Gasteiger partial charge in [-0.1, -0.05) is 32.1 Å². The van der Waals surface area contributed by atoms with Crippen LogP contribution in [0.2, 0.25) is 0 Å². The average molecular weight is 220 g/mol. The van der Waals surface area contributed by atoms with Gasteiger partial charge in [-0.15, -0.1) is 0 Å². The van der Waals surface area contributed by atoms with Crippen LogP contribution in [-0.2, 0) is 4.74 Å². The fourth-order valence-electron chi connectivity index (χ4n) is 3.94. The fourth-order valence-corrected chi connectivity index (χ4v) is 3.94. The molecule has 0 aromatic heterocycles. The molecule has 2 atom stereocenters.